The van der Waals surface area contributed by atoms with Crippen molar-refractivity contribution >= 4 is 16.9 Å². The SMILES string of the molecule is Cc1ccc2c(CN[C@@H]3CCC[C@H](C)[C@@H]3C)c(C(=O)O)n(C)c2c1. The molecule has 1 saturated carbocycles. The van der Waals surface area contributed by atoms with Crippen molar-refractivity contribution in [1.29, 1.82) is 0 Å². The van der Waals surface area contributed by atoms with Crippen molar-refractivity contribution in [2.75, 3.05) is 0 Å². The minimum atomic E-state index is -0.854. The summed E-state index contributed by atoms with van der Waals surface area (Å²) in [6.45, 7) is 7.29. The van der Waals surface area contributed by atoms with Crippen molar-refractivity contribution in [2.24, 2.45) is 18.9 Å². The largest absolute Gasteiger partial charge is 0.477 e. The van der Waals surface area contributed by atoms with E-state index >= 15 is 0 Å². The fourth-order valence-corrected chi connectivity index (χ4v) is 4.18. The number of hydrogen-bond acceptors (Lipinski definition) is 2. The first-order valence-corrected chi connectivity index (χ1v) is 8.94. The van der Waals surface area contributed by atoms with Gasteiger partial charge in [-0.2, -0.15) is 0 Å². The van der Waals surface area contributed by atoms with Crippen LogP contribution in [0.3, 0.4) is 0 Å². The molecule has 0 bridgehead atoms. The van der Waals surface area contributed by atoms with Gasteiger partial charge < -0.3 is 15.0 Å². The second kappa shape index (κ2) is 6.60. The van der Waals surface area contributed by atoms with Crippen LogP contribution in [0, 0.1) is 18.8 Å². The van der Waals surface area contributed by atoms with E-state index in [1.165, 1.54) is 19.3 Å². The minimum Gasteiger partial charge on any atom is -0.477 e. The molecule has 1 aliphatic rings. The van der Waals surface area contributed by atoms with Crippen LogP contribution in [0.15, 0.2) is 18.2 Å². The van der Waals surface area contributed by atoms with Gasteiger partial charge in [0.15, 0.2) is 0 Å². The summed E-state index contributed by atoms with van der Waals surface area (Å²) in [4.78, 5) is 11.8. The molecule has 3 atom stereocenters. The summed E-state index contributed by atoms with van der Waals surface area (Å²) in [6, 6.07) is 6.65. The number of aryl methyl sites for hydroxylation is 2. The molecule has 0 aliphatic heterocycles. The van der Waals surface area contributed by atoms with Gasteiger partial charge in [-0.05, 0) is 36.8 Å². The van der Waals surface area contributed by atoms with E-state index in [9.17, 15) is 9.90 Å². The lowest BCUT2D eigenvalue weighted by molar-refractivity contribution is 0.0685. The first kappa shape index (κ1) is 17.0. The number of fused-ring (bicyclic) bond motifs is 1. The molecular weight excluding hydrogens is 300 g/mol. The maximum absolute atomic E-state index is 11.8. The van der Waals surface area contributed by atoms with Crippen LogP contribution in [0.4, 0.5) is 0 Å². The predicted molar refractivity (Wildman–Crippen MR) is 97.4 cm³/mol. The second-order valence-corrected chi connectivity index (χ2v) is 7.47. The molecule has 1 aromatic heterocycles. The molecule has 0 radical (unpaired) electrons. The third kappa shape index (κ3) is 2.95. The lowest BCUT2D eigenvalue weighted by Crippen LogP contribution is -2.40. The van der Waals surface area contributed by atoms with Gasteiger partial charge in [0.2, 0.25) is 0 Å². The van der Waals surface area contributed by atoms with Crippen molar-refractivity contribution in [3.8, 4) is 0 Å². The normalized spacial score (nSPS) is 24.4. The molecular formula is C20H28N2O2. The van der Waals surface area contributed by atoms with Crippen molar-refractivity contribution in [1.82, 2.24) is 9.88 Å². The predicted octanol–water partition coefficient (Wildman–Crippen LogP) is 4.10. The molecule has 1 aromatic carbocycles. The molecule has 4 nitrogen and oxygen atoms in total. The molecule has 3 rings (SSSR count). The fraction of sp³-hybridized carbons (Fsp3) is 0.550. The molecule has 1 aliphatic carbocycles. The average Bonchev–Trinajstić information content (AvgIpc) is 2.81. The van der Waals surface area contributed by atoms with E-state index in [0.717, 1.165) is 27.9 Å². The van der Waals surface area contributed by atoms with Crippen LogP contribution in [0.1, 0.15) is 54.7 Å². The van der Waals surface area contributed by atoms with Gasteiger partial charge in [0, 0.05) is 36.1 Å². The fourth-order valence-electron chi connectivity index (χ4n) is 4.18. The molecule has 24 heavy (non-hydrogen) atoms. The molecule has 2 aromatic rings. The van der Waals surface area contributed by atoms with Crippen molar-refractivity contribution in [2.45, 2.75) is 52.6 Å². The summed E-state index contributed by atoms with van der Waals surface area (Å²) < 4.78 is 1.81. The van der Waals surface area contributed by atoms with E-state index in [1.807, 2.05) is 18.5 Å². The number of aromatic carboxylic acids is 1. The summed E-state index contributed by atoms with van der Waals surface area (Å²) >= 11 is 0. The van der Waals surface area contributed by atoms with Crippen LogP contribution < -0.4 is 5.32 Å². The molecule has 0 unspecified atom stereocenters. The Morgan fingerprint density at radius 3 is 2.79 bits per heavy atom. The van der Waals surface area contributed by atoms with Crippen molar-refractivity contribution in [3.63, 3.8) is 0 Å². The smallest absolute Gasteiger partial charge is 0.352 e. The van der Waals surface area contributed by atoms with Crippen LogP contribution in [0.5, 0.6) is 0 Å². The monoisotopic (exact) mass is 328 g/mol. The number of carbonyl (C=O) groups is 1. The summed E-state index contributed by atoms with van der Waals surface area (Å²) in [5.41, 5.74) is 3.45. The Hall–Kier alpha value is -1.81. The van der Waals surface area contributed by atoms with E-state index in [-0.39, 0.29) is 0 Å². The molecule has 1 fully saturated rings. The Labute approximate surface area is 143 Å². The van der Waals surface area contributed by atoms with Crippen molar-refractivity contribution in [3.05, 3.63) is 35.0 Å². The van der Waals surface area contributed by atoms with E-state index in [2.05, 4.69) is 37.4 Å². The molecule has 0 amide bonds. The third-order valence-electron chi connectivity index (χ3n) is 5.91. The molecule has 4 heteroatoms. The van der Waals surface area contributed by atoms with Gasteiger partial charge in [-0.25, -0.2) is 4.79 Å². The molecule has 0 saturated heterocycles. The van der Waals surface area contributed by atoms with Gasteiger partial charge in [-0.3, -0.25) is 0 Å². The lowest BCUT2D eigenvalue weighted by Gasteiger charge is -2.34. The summed E-state index contributed by atoms with van der Waals surface area (Å²) in [5, 5.41) is 14.4. The van der Waals surface area contributed by atoms with Gasteiger partial charge in [-0.1, -0.05) is 38.8 Å². The number of carboxylic acids is 1. The molecule has 130 valence electrons. The quantitative estimate of drug-likeness (QED) is 0.888. The van der Waals surface area contributed by atoms with E-state index < -0.39 is 5.97 Å². The van der Waals surface area contributed by atoms with Crippen LogP contribution in [-0.2, 0) is 13.6 Å². The zero-order valence-electron chi connectivity index (χ0n) is 15.1. The molecule has 0 spiro atoms. The van der Waals surface area contributed by atoms with E-state index in [4.69, 9.17) is 0 Å². The maximum atomic E-state index is 11.8. The van der Waals surface area contributed by atoms with Crippen molar-refractivity contribution < 1.29 is 9.90 Å². The first-order valence-electron chi connectivity index (χ1n) is 8.94. The highest BCUT2D eigenvalue weighted by atomic mass is 16.4. The van der Waals surface area contributed by atoms with E-state index in [0.29, 0.717) is 24.2 Å². The average molecular weight is 328 g/mol. The number of rotatable bonds is 4. The maximum Gasteiger partial charge on any atom is 0.352 e. The van der Waals surface area contributed by atoms with Gasteiger partial charge >= 0.3 is 5.97 Å². The highest BCUT2D eigenvalue weighted by molar-refractivity contribution is 5.98. The lowest BCUT2D eigenvalue weighted by atomic mass is 9.78. The number of aromatic nitrogens is 1. The number of nitrogens with zero attached hydrogens (tertiary/aromatic N) is 1. The summed E-state index contributed by atoms with van der Waals surface area (Å²) in [5.74, 6) is 0.503. The molecule has 1 heterocycles. The Morgan fingerprint density at radius 2 is 2.08 bits per heavy atom. The van der Waals surface area contributed by atoms with Crippen LogP contribution in [-0.4, -0.2) is 21.7 Å². The number of benzene rings is 1. The van der Waals surface area contributed by atoms with Crippen LogP contribution >= 0.6 is 0 Å². The Bertz CT molecular complexity index is 763. The Morgan fingerprint density at radius 1 is 1.33 bits per heavy atom. The zero-order valence-corrected chi connectivity index (χ0v) is 15.1. The summed E-state index contributed by atoms with van der Waals surface area (Å²) in [6.07, 6.45) is 3.73. The Balaban J connectivity index is 1.93. The van der Waals surface area contributed by atoms with E-state index in [1.54, 1.807) is 0 Å². The Kier molecular flexibility index (Phi) is 4.68. The highest BCUT2D eigenvalue weighted by Crippen LogP contribution is 2.31. The summed E-state index contributed by atoms with van der Waals surface area (Å²) in [7, 11) is 1.85. The van der Waals surface area contributed by atoms with Crippen LogP contribution in [0.2, 0.25) is 0 Å². The third-order valence-corrected chi connectivity index (χ3v) is 5.91. The van der Waals surface area contributed by atoms with Gasteiger partial charge in [0.25, 0.3) is 0 Å². The number of carboxylic acid groups (broad SMARTS) is 1. The topological polar surface area (TPSA) is 54.3 Å². The number of nitrogens with one attached hydrogen (secondary N) is 1. The highest BCUT2D eigenvalue weighted by Gasteiger charge is 2.28. The van der Waals surface area contributed by atoms with Crippen LogP contribution in [0.25, 0.3) is 10.9 Å². The zero-order chi connectivity index (χ0) is 17.4. The first-order chi connectivity index (χ1) is 11.4. The molecule has 2 N–H and O–H groups in total. The van der Waals surface area contributed by atoms with Gasteiger partial charge in [0.1, 0.15) is 5.69 Å². The minimum absolute atomic E-state index is 0.402. The van der Waals surface area contributed by atoms with Gasteiger partial charge in [0.05, 0.1) is 0 Å². The standard InChI is InChI=1S/C20H28N2O2/c1-12-8-9-15-16(19(20(23)24)22(4)18(15)10-12)11-21-17-7-5-6-13(2)14(17)3/h8-10,13-14,17,21H,5-7,11H2,1-4H3,(H,23,24)/t13-,14-,17+/m0/s1. The van der Waals surface area contributed by atoms with Gasteiger partial charge in [-0.15, -0.1) is 0 Å². The number of hydrogen-bond donors (Lipinski definition) is 2. The second-order valence-electron chi connectivity index (χ2n) is 7.47.